The molecule has 0 unspecified atom stereocenters. The molecule has 0 saturated carbocycles. The first-order chi connectivity index (χ1) is 12.8. The van der Waals surface area contributed by atoms with Gasteiger partial charge in [-0.1, -0.05) is 18.2 Å². The molecule has 0 aliphatic rings. The van der Waals surface area contributed by atoms with Crippen LogP contribution in [-0.2, 0) is 4.79 Å². The highest BCUT2D eigenvalue weighted by molar-refractivity contribution is 6.09. The lowest BCUT2D eigenvalue weighted by atomic mass is 10.1. The number of aromatic amines is 1. The highest BCUT2D eigenvalue weighted by atomic mass is 19.2. The lowest BCUT2D eigenvalue weighted by Crippen LogP contribution is -2.35. The van der Waals surface area contributed by atoms with Crippen LogP contribution in [0.2, 0.25) is 0 Å². The predicted molar refractivity (Wildman–Crippen MR) is 94.9 cm³/mol. The van der Waals surface area contributed by atoms with Gasteiger partial charge in [-0.25, -0.2) is 13.2 Å². The molecule has 3 aromatic rings. The maximum absolute atomic E-state index is 13.7. The Hall–Kier alpha value is -3.29. The van der Waals surface area contributed by atoms with Crippen molar-refractivity contribution in [3.8, 4) is 0 Å². The summed E-state index contributed by atoms with van der Waals surface area (Å²) in [4.78, 5) is 29.1. The van der Waals surface area contributed by atoms with Gasteiger partial charge in [-0.2, -0.15) is 0 Å². The number of halogens is 3. The van der Waals surface area contributed by atoms with Crippen molar-refractivity contribution in [2.45, 2.75) is 6.92 Å². The summed E-state index contributed by atoms with van der Waals surface area (Å²) in [7, 11) is 1.42. The molecule has 8 heteroatoms. The minimum absolute atomic E-state index is 0.393. The van der Waals surface area contributed by atoms with Gasteiger partial charge >= 0.3 is 0 Å². The number of anilines is 1. The molecule has 5 nitrogen and oxygen atoms in total. The van der Waals surface area contributed by atoms with Crippen molar-refractivity contribution in [2.24, 2.45) is 0 Å². The molecule has 0 aliphatic carbocycles. The molecular weight excluding hydrogens is 359 g/mol. The van der Waals surface area contributed by atoms with Gasteiger partial charge in [0.15, 0.2) is 17.5 Å². The molecule has 0 radical (unpaired) electrons. The van der Waals surface area contributed by atoms with E-state index in [9.17, 15) is 22.8 Å². The number of fused-ring (bicyclic) bond motifs is 1. The number of benzene rings is 2. The predicted octanol–water partition coefficient (Wildman–Crippen LogP) is 3.60. The second-order valence-corrected chi connectivity index (χ2v) is 6.10. The molecule has 0 fully saturated rings. The van der Waals surface area contributed by atoms with E-state index >= 15 is 0 Å². The lowest BCUT2D eigenvalue weighted by molar-refractivity contribution is -0.116. The van der Waals surface area contributed by atoms with Gasteiger partial charge in [0.05, 0.1) is 17.8 Å². The summed E-state index contributed by atoms with van der Waals surface area (Å²) in [5, 5.41) is 2.86. The maximum atomic E-state index is 13.7. The first kappa shape index (κ1) is 18.5. The number of amides is 2. The van der Waals surface area contributed by atoms with Crippen LogP contribution in [0.15, 0.2) is 36.4 Å². The average Bonchev–Trinajstić information content (AvgIpc) is 2.97. The number of aryl methyl sites for hydroxylation is 1. The summed E-state index contributed by atoms with van der Waals surface area (Å²) < 4.78 is 39.8. The Kier molecular flexibility index (Phi) is 4.89. The number of hydrogen-bond acceptors (Lipinski definition) is 2. The number of nitrogens with zero attached hydrogens (tertiary/aromatic N) is 1. The number of carbonyl (C=O) groups excluding carboxylic acids is 2. The van der Waals surface area contributed by atoms with Gasteiger partial charge in [0.1, 0.15) is 0 Å². The zero-order valence-corrected chi connectivity index (χ0v) is 14.6. The Balaban J connectivity index is 1.75. The van der Waals surface area contributed by atoms with Crippen LogP contribution in [0.1, 0.15) is 16.1 Å². The molecule has 0 aliphatic heterocycles. The Labute approximate surface area is 152 Å². The van der Waals surface area contributed by atoms with Crippen LogP contribution in [-0.4, -0.2) is 35.3 Å². The third-order valence-electron chi connectivity index (χ3n) is 4.14. The topological polar surface area (TPSA) is 65.2 Å². The lowest BCUT2D eigenvalue weighted by Gasteiger charge is -2.17. The third-order valence-corrected chi connectivity index (χ3v) is 4.14. The first-order valence-electron chi connectivity index (χ1n) is 8.05. The zero-order chi connectivity index (χ0) is 19.7. The van der Waals surface area contributed by atoms with Crippen molar-refractivity contribution in [3.05, 3.63) is 65.1 Å². The van der Waals surface area contributed by atoms with Crippen LogP contribution >= 0.6 is 0 Å². The number of para-hydroxylation sites is 1. The van der Waals surface area contributed by atoms with Crippen LogP contribution < -0.4 is 5.32 Å². The van der Waals surface area contributed by atoms with Gasteiger partial charge in [-0.05, 0) is 25.1 Å². The van der Waals surface area contributed by atoms with Crippen LogP contribution in [0.3, 0.4) is 0 Å². The fourth-order valence-corrected chi connectivity index (χ4v) is 2.84. The standard InChI is InChI=1S/C19H16F3N3O2/c1-10-16(11-5-3-4-6-13(11)23-10)19(27)25(2)9-15(26)24-14-8-7-12(20)17(21)18(14)22/h3-8,23H,9H2,1-2H3,(H,24,26). The molecule has 2 aromatic carbocycles. The third kappa shape index (κ3) is 3.51. The van der Waals surface area contributed by atoms with E-state index in [4.69, 9.17) is 0 Å². The van der Waals surface area contributed by atoms with E-state index in [1.54, 1.807) is 19.1 Å². The number of hydrogen-bond donors (Lipinski definition) is 2. The largest absolute Gasteiger partial charge is 0.358 e. The molecule has 0 saturated heterocycles. The molecule has 1 aromatic heterocycles. The highest BCUT2D eigenvalue weighted by Crippen LogP contribution is 2.23. The van der Waals surface area contributed by atoms with Gasteiger partial charge in [0.25, 0.3) is 5.91 Å². The van der Waals surface area contributed by atoms with Crippen LogP contribution in [0, 0.1) is 24.4 Å². The fourth-order valence-electron chi connectivity index (χ4n) is 2.84. The number of H-pyrrole nitrogens is 1. The summed E-state index contributed by atoms with van der Waals surface area (Å²) in [6.45, 7) is 1.36. The molecule has 0 spiro atoms. The second kappa shape index (κ2) is 7.14. The fraction of sp³-hybridized carbons (Fsp3) is 0.158. The van der Waals surface area contributed by atoms with E-state index in [0.29, 0.717) is 17.3 Å². The van der Waals surface area contributed by atoms with Gasteiger partial charge in [-0.3, -0.25) is 9.59 Å². The van der Waals surface area contributed by atoms with Gasteiger partial charge in [0.2, 0.25) is 5.91 Å². The molecule has 0 bridgehead atoms. The van der Waals surface area contributed by atoms with E-state index in [1.807, 2.05) is 12.1 Å². The smallest absolute Gasteiger partial charge is 0.256 e. The molecule has 27 heavy (non-hydrogen) atoms. The number of nitrogens with one attached hydrogen (secondary N) is 2. The summed E-state index contributed by atoms with van der Waals surface area (Å²) in [6, 6.07) is 8.87. The van der Waals surface area contributed by atoms with Crippen molar-refractivity contribution in [3.63, 3.8) is 0 Å². The summed E-state index contributed by atoms with van der Waals surface area (Å²) in [5.41, 5.74) is 1.38. The van der Waals surface area contributed by atoms with Crippen molar-refractivity contribution in [1.29, 1.82) is 0 Å². The van der Waals surface area contributed by atoms with E-state index in [2.05, 4.69) is 10.3 Å². The van der Waals surface area contributed by atoms with Crippen LogP contribution in [0.4, 0.5) is 18.9 Å². The summed E-state index contributed by atoms with van der Waals surface area (Å²) >= 11 is 0. The monoisotopic (exact) mass is 375 g/mol. The summed E-state index contributed by atoms with van der Waals surface area (Å²) in [6.07, 6.45) is 0. The highest BCUT2D eigenvalue weighted by Gasteiger charge is 2.22. The Morgan fingerprint density at radius 3 is 2.52 bits per heavy atom. The molecule has 1 heterocycles. The maximum Gasteiger partial charge on any atom is 0.256 e. The molecule has 2 N–H and O–H groups in total. The minimum atomic E-state index is -1.67. The minimum Gasteiger partial charge on any atom is -0.358 e. The second-order valence-electron chi connectivity index (χ2n) is 6.10. The quantitative estimate of drug-likeness (QED) is 0.685. The normalized spacial score (nSPS) is 10.9. The first-order valence-corrected chi connectivity index (χ1v) is 8.05. The number of aromatic nitrogens is 1. The zero-order valence-electron chi connectivity index (χ0n) is 14.6. The SMILES string of the molecule is Cc1[nH]c2ccccc2c1C(=O)N(C)CC(=O)Nc1ccc(F)c(F)c1F. The number of rotatable bonds is 4. The molecular formula is C19H16F3N3O2. The van der Waals surface area contributed by atoms with Crippen molar-refractivity contribution < 1.29 is 22.8 Å². The molecule has 0 atom stereocenters. The Morgan fingerprint density at radius 1 is 1.07 bits per heavy atom. The van der Waals surface area contributed by atoms with E-state index in [1.165, 1.54) is 7.05 Å². The van der Waals surface area contributed by atoms with Crippen molar-refractivity contribution in [1.82, 2.24) is 9.88 Å². The molecule has 3 rings (SSSR count). The Bertz CT molecular complexity index is 1050. The van der Waals surface area contributed by atoms with E-state index < -0.39 is 41.5 Å². The van der Waals surface area contributed by atoms with Crippen molar-refractivity contribution >= 4 is 28.4 Å². The summed E-state index contributed by atoms with van der Waals surface area (Å²) in [5.74, 6) is -5.66. The molecule has 2 amide bonds. The van der Waals surface area contributed by atoms with E-state index in [-0.39, 0.29) is 0 Å². The number of likely N-dealkylation sites (N-methyl/N-ethyl adjacent to an activating group) is 1. The average molecular weight is 375 g/mol. The van der Waals surface area contributed by atoms with E-state index in [0.717, 1.165) is 21.9 Å². The molecule has 140 valence electrons. The van der Waals surface area contributed by atoms with Crippen molar-refractivity contribution in [2.75, 3.05) is 18.9 Å². The van der Waals surface area contributed by atoms with Gasteiger partial charge < -0.3 is 15.2 Å². The van der Waals surface area contributed by atoms with Gasteiger partial charge in [0, 0.05) is 23.6 Å². The van der Waals surface area contributed by atoms with Gasteiger partial charge in [-0.15, -0.1) is 0 Å². The number of carbonyl (C=O) groups is 2. The van der Waals surface area contributed by atoms with Crippen LogP contribution in [0.5, 0.6) is 0 Å². The Morgan fingerprint density at radius 2 is 1.78 bits per heavy atom. The van der Waals surface area contributed by atoms with Crippen LogP contribution in [0.25, 0.3) is 10.9 Å².